The Morgan fingerprint density at radius 2 is 2.04 bits per heavy atom. The number of rotatable bonds is 3. The number of aryl methyl sites for hydroxylation is 2. The molecule has 0 saturated carbocycles. The zero-order valence-electron chi connectivity index (χ0n) is 13.0. The van der Waals surface area contributed by atoms with Gasteiger partial charge in [-0.05, 0) is 59.1 Å². The highest BCUT2D eigenvalue weighted by Crippen LogP contribution is 2.26. The maximum atomic E-state index is 12.8. The summed E-state index contributed by atoms with van der Waals surface area (Å²) in [6, 6.07) is 6.96. The molecule has 1 aromatic carbocycles. The molecule has 1 amide bonds. The molecular weight excluding hydrogens is 413 g/mol. The number of aromatic nitrogens is 2. The summed E-state index contributed by atoms with van der Waals surface area (Å²) in [7, 11) is 0. The van der Waals surface area contributed by atoms with Crippen LogP contribution in [0.25, 0.3) is 5.65 Å². The highest BCUT2D eigenvalue weighted by molar-refractivity contribution is 9.10. The number of nitrogens with zero attached hydrogens (tertiary/aromatic N) is 2. The van der Waals surface area contributed by atoms with E-state index in [1.54, 1.807) is 18.2 Å². The molecule has 3 rings (SSSR count). The van der Waals surface area contributed by atoms with Crippen LogP contribution < -0.4 is 5.32 Å². The van der Waals surface area contributed by atoms with E-state index in [0.717, 1.165) is 21.4 Å². The molecule has 0 unspecified atom stereocenters. The van der Waals surface area contributed by atoms with Crippen molar-refractivity contribution in [3.8, 4) is 0 Å². The van der Waals surface area contributed by atoms with E-state index >= 15 is 0 Å². The molecule has 3 aromatic rings. The summed E-state index contributed by atoms with van der Waals surface area (Å²) in [5.41, 5.74) is 3.61. The topological polar surface area (TPSA) is 46.4 Å². The quantitative estimate of drug-likeness (QED) is 0.598. The van der Waals surface area contributed by atoms with Crippen molar-refractivity contribution in [2.75, 3.05) is 5.32 Å². The van der Waals surface area contributed by atoms with Crippen LogP contribution in [0.4, 0.5) is 5.69 Å². The van der Waals surface area contributed by atoms with Crippen LogP contribution in [0, 0.1) is 6.92 Å². The van der Waals surface area contributed by atoms with Gasteiger partial charge >= 0.3 is 0 Å². The van der Waals surface area contributed by atoms with Crippen LogP contribution in [-0.2, 0) is 6.42 Å². The highest BCUT2D eigenvalue weighted by Gasteiger charge is 2.20. The lowest BCUT2D eigenvalue weighted by atomic mass is 10.2. The van der Waals surface area contributed by atoms with E-state index in [4.69, 9.17) is 23.2 Å². The van der Waals surface area contributed by atoms with Crippen LogP contribution >= 0.6 is 39.1 Å². The molecule has 7 heteroatoms. The van der Waals surface area contributed by atoms with Crippen molar-refractivity contribution in [1.82, 2.24) is 9.38 Å². The number of anilines is 1. The molecule has 1 N–H and O–H groups in total. The Bertz CT molecular complexity index is 953. The molecule has 0 aliphatic rings. The van der Waals surface area contributed by atoms with E-state index < -0.39 is 0 Å². The van der Waals surface area contributed by atoms with Crippen molar-refractivity contribution in [2.45, 2.75) is 20.3 Å². The minimum absolute atomic E-state index is 0.241. The maximum absolute atomic E-state index is 12.8. The first-order chi connectivity index (χ1) is 11.4. The standard InChI is InChI=1S/C17H14BrCl2N3O/c1-3-14-15(23-8-10(18)6-9(2)16(23)22-14)17(24)21-11-4-5-12(19)13(20)7-11/h4-8H,3H2,1-2H3,(H,21,24). The molecule has 0 spiro atoms. The van der Waals surface area contributed by atoms with Crippen LogP contribution in [-0.4, -0.2) is 15.3 Å². The Kier molecular flexibility index (Phi) is 4.85. The van der Waals surface area contributed by atoms with Gasteiger partial charge in [-0.25, -0.2) is 4.98 Å². The lowest BCUT2D eigenvalue weighted by molar-refractivity contribution is 0.102. The SMILES string of the molecule is CCc1nc2c(C)cc(Br)cn2c1C(=O)Nc1ccc(Cl)c(Cl)c1. The molecule has 4 nitrogen and oxygen atoms in total. The molecule has 0 radical (unpaired) electrons. The molecule has 124 valence electrons. The fourth-order valence-corrected chi connectivity index (χ4v) is 3.41. The lowest BCUT2D eigenvalue weighted by Gasteiger charge is -2.08. The molecule has 0 aliphatic heterocycles. The number of amides is 1. The zero-order valence-corrected chi connectivity index (χ0v) is 16.1. The Hall–Kier alpha value is -1.56. The molecule has 0 fully saturated rings. The van der Waals surface area contributed by atoms with Gasteiger partial charge in [0.05, 0.1) is 15.7 Å². The molecule has 0 aliphatic carbocycles. The van der Waals surface area contributed by atoms with Crippen LogP contribution in [0.2, 0.25) is 10.0 Å². The van der Waals surface area contributed by atoms with Crippen LogP contribution in [0.15, 0.2) is 34.9 Å². The number of carbonyl (C=O) groups is 1. The summed E-state index contributed by atoms with van der Waals surface area (Å²) < 4.78 is 2.70. The largest absolute Gasteiger partial charge is 0.321 e. The summed E-state index contributed by atoms with van der Waals surface area (Å²) in [5, 5.41) is 3.69. The average Bonchev–Trinajstić information content (AvgIpc) is 2.89. The van der Waals surface area contributed by atoms with Gasteiger partial charge < -0.3 is 5.32 Å². The third-order valence-electron chi connectivity index (χ3n) is 3.67. The maximum Gasteiger partial charge on any atom is 0.274 e. The zero-order chi connectivity index (χ0) is 17.4. The highest BCUT2D eigenvalue weighted by atomic mass is 79.9. The summed E-state index contributed by atoms with van der Waals surface area (Å²) in [6.45, 7) is 3.94. The first-order valence-corrected chi connectivity index (χ1v) is 8.89. The van der Waals surface area contributed by atoms with Crippen LogP contribution in [0.1, 0.15) is 28.7 Å². The van der Waals surface area contributed by atoms with Gasteiger partial charge in [0.1, 0.15) is 11.3 Å². The summed E-state index contributed by atoms with van der Waals surface area (Å²) in [4.78, 5) is 17.4. The van der Waals surface area contributed by atoms with E-state index in [0.29, 0.717) is 27.8 Å². The van der Waals surface area contributed by atoms with Gasteiger partial charge in [0, 0.05) is 16.4 Å². The number of nitrogens with one attached hydrogen (secondary N) is 1. The molecule has 24 heavy (non-hydrogen) atoms. The van der Waals surface area contributed by atoms with Crippen LogP contribution in [0.3, 0.4) is 0 Å². The molecular formula is C17H14BrCl2N3O. The molecule has 2 aromatic heterocycles. The first kappa shape index (κ1) is 17.3. The second-order valence-corrected chi connectivity index (χ2v) is 7.11. The van der Waals surface area contributed by atoms with Gasteiger partial charge in [-0.2, -0.15) is 0 Å². The number of hydrogen-bond acceptors (Lipinski definition) is 2. The number of hydrogen-bond donors (Lipinski definition) is 1. The van der Waals surface area contributed by atoms with Crippen molar-refractivity contribution in [3.63, 3.8) is 0 Å². The summed E-state index contributed by atoms with van der Waals surface area (Å²) in [6.07, 6.45) is 2.50. The number of carbonyl (C=O) groups excluding carboxylic acids is 1. The summed E-state index contributed by atoms with van der Waals surface area (Å²) >= 11 is 15.4. The van der Waals surface area contributed by atoms with Gasteiger partial charge in [-0.15, -0.1) is 0 Å². The van der Waals surface area contributed by atoms with Gasteiger partial charge in [-0.1, -0.05) is 30.1 Å². The van der Waals surface area contributed by atoms with Crippen molar-refractivity contribution in [3.05, 3.63) is 61.9 Å². The number of pyridine rings is 1. The second kappa shape index (κ2) is 6.75. The van der Waals surface area contributed by atoms with E-state index in [1.165, 1.54) is 0 Å². The predicted molar refractivity (Wildman–Crippen MR) is 101 cm³/mol. The monoisotopic (exact) mass is 425 g/mol. The summed E-state index contributed by atoms with van der Waals surface area (Å²) in [5.74, 6) is -0.241. The average molecular weight is 427 g/mol. The Morgan fingerprint density at radius 3 is 2.71 bits per heavy atom. The second-order valence-electron chi connectivity index (χ2n) is 5.38. The Balaban J connectivity index is 2.07. The third-order valence-corrected chi connectivity index (χ3v) is 4.84. The van der Waals surface area contributed by atoms with E-state index in [9.17, 15) is 4.79 Å². The molecule has 0 bridgehead atoms. The number of halogens is 3. The van der Waals surface area contributed by atoms with Crippen LogP contribution in [0.5, 0.6) is 0 Å². The molecule has 0 saturated heterocycles. The minimum Gasteiger partial charge on any atom is -0.321 e. The van der Waals surface area contributed by atoms with E-state index in [1.807, 2.05) is 30.5 Å². The van der Waals surface area contributed by atoms with Crippen molar-refractivity contribution < 1.29 is 4.79 Å². The Morgan fingerprint density at radius 1 is 1.29 bits per heavy atom. The van der Waals surface area contributed by atoms with Crippen molar-refractivity contribution in [1.29, 1.82) is 0 Å². The first-order valence-electron chi connectivity index (χ1n) is 7.34. The fraction of sp³-hybridized carbons (Fsp3) is 0.176. The van der Waals surface area contributed by atoms with Gasteiger partial charge in [0.2, 0.25) is 0 Å². The van der Waals surface area contributed by atoms with Gasteiger partial charge in [-0.3, -0.25) is 9.20 Å². The smallest absolute Gasteiger partial charge is 0.274 e. The fourth-order valence-electron chi connectivity index (χ4n) is 2.57. The third kappa shape index (κ3) is 3.16. The molecule has 2 heterocycles. The van der Waals surface area contributed by atoms with Crippen molar-refractivity contribution in [2.24, 2.45) is 0 Å². The molecule has 0 atom stereocenters. The van der Waals surface area contributed by atoms with Crippen molar-refractivity contribution >= 4 is 56.4 Å². The van der Waals surface area contributed by atoms with Gasteiger partial charge in [0.25, 0.3) is 5.91 Å². The number of imidazole rings is 1. The number of benzene rings is 1. The van der Waals surface area contributed by atoms with E-state index in [-0.39, 0.29) is 5.91 Å². The van der Waals surface area contributed by atoms with Gasteiger partial charge in [0.15, 0.2) is 0 Å². The normalized spacial score (nSPS) is 11.0. The predicted octanol–water partition coefficient (Wildman–Crippen LogP) is 5.53. The lowest BCUT2D eigenvalue weighted by Crippen LogP contribution is -2.16. The minimum atomic E-state index is -0.241. The number of fused-ring (bicyclic) bond motifs is 1. The Labute approximate surface area is 157 Å². The van der Waals surface area contributed by atoms with E-state index in [2.05, 4.69) is 26.2 Å².